The molecule has 0 aliphatic heterocycles. The van der Waals surface area contributed by atoms with Crippen molar-refractivity contribution in [2.75, 3.05) is 0 Å². The van der Waals surface area contributed by atoms with Crippen LogP contribution in [0, 0.1) is 6.92 Å². The highest BCUT2D eigenvalue weighted by molar-refractivity contribution is 8.00. The van der Waals surface area contributed by atoms with Crippen LogP contribution >= 0.6 is 11.8 Å². The summed E-state index contributed by atoms with van der Waals surface area (Å²) in [6, 6.07) is 8.66. The zero-order valence-corrected chi connectivity index (χ0v) is 18.1. The molecular formula is C22H32N4OS. The van der Waals surface area contributed by atoms with Crippen molar-refractivity contribution in [2.24, 2.45) is 0 Å². The van der Waals surface area contributed by atoms with Gasteiger partial charge in [-0.15, -0.1) is 10.2 Å². The van der Waals surface area contributed by atoms with Gasteiger partial charge in [-0.3, -0.25) is 4.79 Å². The fourth-order valence-corrected chi connectivity index (χ4v) is 4.64. The second kappa shape index (κ2) is 10.1. The molecule has 6 heteroatoms. The van der Waals surface area contributed by atoms with Gasteiger partial charge in [0, 0.05) is 18.2 Å². The molecule has 1 fully saturated rings. The molecular weight excluding hydrogens is 368 g/mol. The van der Waals surface area contributed by atoms with E-state index in [2.05, 4.69) is 52.1 Å². The van der Waals surface area contributed by atoms with E-state index in [0.29, 0.717) is 6.04 Å². The van der Waals surface area contributed by atoms with Gasteiger partial charge < -0.3 is 9.88 Å². The molecule has 0 unspecified atom stereocenters. The minimum Gasteiger partial charge on any atom is -0.352 e. The zero-order chi connectivity index (χ0) is 19.9. The molecule has 1 aromatic heterocycles. The van der Waals surface area contributed by atoms with Gasteiger partial charge in [0.2, 0.25) is 5.91 Å². The molecule has 5 nitrogen and oxygen atoms in total. The lowest BCUT2D eigenvalue weighted by atomic mass is 10.1. The lowest BCUT2D eigenvalue weighted by Gasteiger charge is -2.19. The summed E-state index contributed by atoms with van der Waals surface area (Å²) >= 11 is 1.51. The summed E-state index contributed by atoms with van der Waals surface area (Å²) in [6.45, 7) is 7.04. The van der Waals surface area contributed by atoms with Crippen LogP contribution < -0.4 is 5.32 Å². The molecule has 28 heavy (non-hydrogen) atoms. The van der Waals surface area contributed by atoms with E-state index >= 15 is 0 Å². The van der Waals surface area contributed by atoms with E-state index in [9.17, 15) is 4.79 Å². The average Bonchev–Trinajstić information content (AvgIpc) is 2.88. The predicted octanol–water partition coefficient (Wildman–Crippen LogP) is 4.98. The van der Waals surface area contributed by atoms with E-state index in [-0.39, 0.29) is 11.2 Å². The number of nitrogens with zero attached hydrogens (tertiary/aromatic N) is 3. The Hall–Kier alpha value is -1.82. The first-order chi connectivity index (χ1) is 13.6. The third-order valence-corrected chi connectivity index (χ3v) is 6.37. The summed E-state index contributed by atoms with van der Waals surface area (Å²) in [5.41, 5.74) is 2.28. The van der Waals surface area contributed by atoms with Crippen LogP contribution in [0.3, 0.4) is 0 Å². The van der Waals surface area contributed by atoms with Crippen molar-refractivity contribution in [3.63, 3.8) is 0 Å². The molecule has 1 heterocycles. The van der Waals surface area contributed by atoms with Gasteiger partial charge in [0.1, 0.15) is 0 Å². The fourth-order valence-electron chi connectivity index (χ4n) is 3.75. The first-order valence-corrected chi connectivity index (χ1v) is 11.4. The molecule has 1 N–H and O–H groups in total. The number of carbonyl (C=O) groups is 1. The van der Waals surface area contributed by atoms with Gasteiger partial charge in [-0.1, -0.05) is 68.1 Å². The molecule has 1 atom stereocenters. The van der Waals surface area contributed by atoms with Crippen LogP contribution in [0.2, 0.25) is 0 Å². The number of aromatic nitrogens is 3. The van der Waals surface area contributed by atoms with Gasteiger partial charge >= 0.3 is 0 Å². The molecule has 1 amide bonds. The topological polar surface area (TPSA) is 59.8 Å². The Morgan fingerprint density at radius 1 is 1.25 bits per heavy atom. The third kappa shape index (κ3) is 5.37. The number of aryl methyl sites for hydroxylation is 1. The Labute approximate surface area is 172 Å². The standard InChI is InChI=1S/C22H32N4OS/c1-4-14-26-20(18-11-9-10-16(2)15-18)24-25-22(26)28-17(3)21(27)23-19-12-7-5-6-8-13-19/h9-11,15,17,19H,4-8,12-14H2,1-3H3,(H,23,27)/t17-/m1/s1. The molecule has 0 bridgehead atoms. The number of hydrogen-bond donors (Lipinski definition) is 1. The van der Waals surface area contributed by atoms with Gasteiger partial charge in [-0.2, -0.15) is 0 Å². The molecule has 3 rings (SSSR count). The van der Waals surface area contributed by atoms with Crippen LogP contribution in [0.4, 0.5) is 0 Å². The van der Waals surface area contributed by atoms with Crippen molar-refractivity contribution < 1.29 is 4.79 Å². The summed E-state index contributed by atoms with van der Waals surface area (Å²) in [4.78, 5) is 12.7. The highest BCUT2D eigenvalue weighted by atomic mass is 32.2. The number of hydrogen-bond acceptors (Lipinski definition) is 4. The minimum absolute atomic E-state index is 0.111. The lowest BCUT2D eigenvalue weighted by molar-refractivity contribution is -0.121. The highest BCUT2D eigenvalue weighted by Crippen LogP contribution is 2.28. The smallest absolute Gasteiger partial charge is 0.233 e. The van der Waals surface area contributed by atoms with Crippen LogP contribution in [0.5, 0.6) is 0 Å². The summed E-state index contributed by atoms with van der Waals surface area (Å²) in [5, 5.41) is 12.8. The minimum atomic E-state index is -0.187. The summed E-state index contributed by atoms with van der Waals surface area (Å²) < 4.78 is 2.15. The molecule has 0 radical (unpaired) electrons. The van der Waals surface area contributed by atoms with Crippen molar-refractivity contribution in [1.29, 1.82) is 0 Å². The fraction of sp³-hybridized carbons (Fsp3) is 0.591. The van der Waals surface area contributed by atoms with E-state index in [1.807, 2.05) is 13.0 Å². The predicted molar refractivity (Wildman–Crippen MR) is 115 cm³/mol. The highest BCUT2D eigenvalue weighted by Gasteiger charge is 2.23. The van der Waals surface area contributed by atoms with E-state index in [0.717, 1.165) is 42.4 Å². The number of carbonyl (C=O) groups excluding carboxylic acids is 1. The van der Waals surface area contributed by atoms with Gasteiger partial charge in [-0.05, 0) is 39.2 Å². The molecule has 1 aromatic carbocycles. The number of benzene rings is 1. The van der Waals surface area contributed by atoms with Gasteiger partial charge in [0.25, 0.3) is 0 Å². The van der Waals surface area contributed by atoms with E-state index < -0.39 is 0 Å². The Morgan fingerprint density at radius 3 is 2.68 bits per heavy atom. The first-order valence-electron chi connectivity index (χ1n) is 10.6. The molecule has 1 saturated carbocycles. The quantitative estimate of drug-likeness (QED) is 0.526. The maximum absolute atomic E-state index is 12.7. The van der Waals surface area contributed by atoms with Crippen LogP contribution in [-0.4, -0.2) is 32.0 Å². The second-order valence-electron chi connectivity index (χ2n) is 7.78. The summed E-state index contributed by atoms with van der Waals surface area (Å²) in [6.07, 6.45) is 8.22. The largest absolute Gasteiger partial charge is 0.352 e. The summed E-state index contributed by atoms with van der Waals surface area (Å²) in [7, 11) is 0. The Kier molecular flexibility index (Phi) is 7.54. The van der Waals surface area contributed by atoms with Crippen LogP contribution in [0.25, 0.3) is 11.4 Å². The zero-order valence-electron chi connectivity index (χ0n) is 17.3. The SMILES string of the molecule is CCCn1c(S[C@H](C)C(=O)NC2CCCCCC2)nnc1-c1cccc(C)c1. The number of nitrogens with one attached hydrogen (secondary N) is 1. The van der Waals surface area contributed by atoms with Gasteiger partial charge in [0.15, 0.2) is 11.0 Å². The third-order valence-electron chi connectivity index (χ3n) is 5.29. The molecule has 152 valence electrons. The Bertz CT molecular complexity index is 781. The molecule has 2 aromatic rings. The molecule has 1 aliphatic rings. The lowest BCUT2D eigenvalue weighted by Crippen LogP contribution is -2.39. The number of rotatable bonds is 7. The van der Waals surface area contributed by atoms with Crippen molar-refractivity contribution in [1.82, 2.24) is 20.1 Å². The number of amides is 1. The van der Waals surface area contributed by atoms with Crippen LogP contribution in [0.1, 0.15) is 64.4 Å². The normalized spacial score (nSPS) is 16.5. The van der Waals surface area contributed by atoms with Crippen molar-refractivity contribution >= 4 is 17.7 Å². The van der Waals surface area contributed by atoms with E-state index in [4.69, 9.17) is 0 Å². The van der Waals surface area contributed by atoms with Gasteiger partial charge in [-0.25, -0.2) is 0 Å². The average molecular weight is 401 g/mol. The van der Waals surface area contributed by atoms with Crippen molar-refractivity contribution in [3.05, 3.63) is 29.8 Å². The Balaban J connectivity index is 1.71. The molecule has 0 saturated heterocycles. The van der Waals surface area contributed by atoms with Crippen LogP contribution in [0.15, 0.2) is 29.4 Å². The summed E-state index contributed by atoms with van der Waals surface area (Å²) in [5.74, 6) is 0.990. The maximum atomic E-state index is 12.7. The Morgan fingerprint density at radius 2 is 2.00 bits per heavy atom. The monoisotopic (exact) mass is 400 g/mol. The molecule has 1 aliphatic carbocycles. The van der Waals surface area contributed by atoms with Crippen molar-refractivity contribution in [2.45, 2.75) is 88.7 Å². The molecule has 0 spiro atoms. The first kappa shape index (κ1) is 20.9. The maximum Gasteiger partial charge on any atom is 0.233 e. The van der Waals surface area contributed by atoms with Gasteiger partial charge in [0.05, 0.1) is 5.25 Å². The van der Waals surface area contributed by atoms with E-state index in [1.165, 1.54) is 43.0 Å². The number of thioether (sulfide) groups is 1. The van der Waals surface area contributed by atoms with E-state index in [1.54, 1.807) is 0 Å². The van der Waals surface area contributed by atoms with Crippen LogP contribution in [-0.2, 0) is 11.3 Å². The van der Waals surface area contributed by atoms with Crippen molar-refractivity contribution in [3.8, 4) is 11.4 Å². The second-order valence-corrected chi connectivity index (χ2v) is 9.09.